The van der Waals surface area contributed by atoms with Gasteiger partial charge < -0.3 is 20.1 Å². The summed E-state index contributed by atoms with van der Waals surface area (Å²) in [7, 11) is 0. The van der Waals surface area contributed by atoms with Crippen LogP contribution in [0, 0.1) is 0 Å². The van der Waals surface area contributed by atoms with E-state index in [-0.39, 0.29) is 5.91 Å². The minimum absolute atomic E-state index is 0.277. The predicted molar refractivity (Wildman–Crippen MR) is 118 cm³/mol. The largest absolute Gasteiger partial charge is 0.356 e. The molecule has 2 heterocycles. The van der Waals surface area contributed by atoms with Crippen molar-refractivity contribution in [3.05, 3.63) is 48.0 Å². The lowest BCUT2D eigenvalue weighted by Gasteiger charge is -2.16. The Balaban J connectivity index is 1.46. The molecule has 1 aliphatic rings. The second-order valence-electron chi connectivity index (χ2n) is 7.45. The summed E-state index contributed by atoms with van der Waals surface area (Å²) in [6, 6.07) is 10.4. The SMILES string of the molecule is CCc1nncn1CCNC(=NCCCN1CCCC1=O)NCCc1ccccc1. The number of hydrogen-bond donors (Lipinski definition) is 2. The Labute approximate surface area is 178 Å². The topological polar surface area (TPSA) is 87.4 Å². The molecule has 162 valence electrons. The van der Waals surface area contributed by atoms with Crippen LogP contribution in [0.3, 0.4) is 0 Å². The number of benzene rings is 1. The summed E-state index contributed by atoms with van der Waals surface area (Å²) in [6.45, 7) is 6.80. The Kier molecular flexibility index (Phi) is 8.68. The molecule has 2 N–H and O–H groups in total. The Morgan fingerprint density at radius 3 is 2.77 bits per heavy atom. The second kappa shape index (κ2) is 11.9. The van der Waals surface area contributed by atoms with Crippen molar-refractivity contribution in [2.45, 2.75) is 45.6 Å². The van der Waals surface area contributed by atoms with Crippen molar-refractivity contribution in [2.75, 3.05) is 32.7 Å². The van der Waals surface area contributed by atoms with Crippen molar-refractivity contribution < 1.29 is 4.79 Å². The highest BCUT2D eigenvalue weighted by molar-refractivity contribution is 5.79. The molecule has 0 atom stereocenters. The molecule has 1 saturated heterocycles. The van der Waals surface area contributed by atoms with Gasteiger partial charge in [-0.2, -0.15) is 0 Å². The first-order chi connectivity index (χ1) is 14.8. The van der Waals surface area contributed by atoms with E-state index in [4.69, 9.17) is 4.99 Å². The van der Waals surface area contributed by atoms with Crippen LogP contribution in [0.5, 0.6) is 0 Å². The van der Waals surface area contributed by atoms with E-state index in [0.29, 0.717) is 13.0 Å². The molecule has 2 aromatic rings. The number of guanidine groups is 1. The summed E-state index contributed by atoms with van der Waals surface area (Å²) in [6.07, 6.45) is 6.13. The Morgan fingerprint density at radius 1 is 1.17 bits per heavy atom. The monoisotopic (exact) mass is 411 g/mol. The van der Waals surface area contributed by atoms with Crippen LogP contribution < -0.4 is 10.6 Å². The van der Waals surface area contributed by atoms with Crippen LogP contribution in [0.25, 0.3) is 0 Å². The highest BCUT2D eigenvalue weighted by Gasteiger charge is 2.18. The predicted octanol–water partition coefficient (Wildman–Crippen LogP) is 1.63. The van der Waals surface area contributed by atoms with E-state index < -0.39 is 0 Å². The summed E-state index contributed by atoms with van der Waals surface area (Å²) in [5, 5.41) is 15.0. The van der Waals surface area contributed by atoms with Gasteiger partial charge in [0, 0.05) is 52.1 Å². The standard InChI is InChI=1S/C22H33N7O/c1-2-20-27-26-18-29(20)17-14-25-22(24-13-11-19-8-4-3-5-9-19)23-12-7-16-28-15-6-10-21(28)30/h3-5,8-9,18H,2,6-7,10-17H2,1H3,(H2,23,24,25). The fraction of sp³-hybridized carbons (Fsp3) is 0.545. The quantitative estimate of drug-likeness (QED) is 0.333. The van der Waals surface area contributed by atoms with Gasteiger partial charge in [0.05, 0.1) is 0 Å². The van der Waals surface area contributed by atoms with Crippen LogP contribution in [0.4, 0.5) is 0 Å². The van der Waals surface area contributed by atoms with E-state index in [2.05, 4.69) is 56.6 Å². The van der Waals surface area contributed by atoms with Crippen LogP contribution in [0.2, 0.25) is 0 Å². The first-order valence-electron chi connectivity index (χ1n) is 11.0. The zero-order valence-electron chi connectivity index (χ0n) is 17.9. The molecule has 8 nitrogen and oxygen atoms in total. The van der Waals surface area contributed by atoms with E-state index >= 15 is 0 Å². The molecule has 0 aliphatic carbocycles. The van der Waals surface area contributed by atoms with Crippen LogP contribution in [0.15, 0.2) is 41.7 Å². The fourth-order valence-electron chi connectivity index (χ4n) is 3.57. The van der Waals surface area contributed by atoms with E-state index in [1.807, 2.05) is 11.0 Å². The minimum Gasteiger partial charge on any atom is -0.356 e. The molecule has 1 fully saturated rings. The molecule has 1 aliphatic heterocycles. The molecule has 0 unspecified atom stereocenters. The third-order valence-corrected chi connectivity index (χ3v) is 5.23. The van der Waals surface area contributed by atoms with Crippen LogP contribution in [0.1, 0.15) is 37.6 Å². The van der Waals surface area contributed by atoms with Gasteiger partial charge in [-0.05, 0) is 24.8 Å². The number of nitrogens with one attached hydrogen (secondary N) is 2. The van der Waals surface area contributed by atoms with E-state index in [1.165, 1.54) is 5.56 Å². The lowest BCUT2D eigenvalue weighted by Crippen LogP contribution is -2.40. The maximum Gasteiger partial charge on any atom is 0.222 e. The van der Waals surface area contributed by atoms with Crippen molar-refractivity contribution >= 4 is 11.9 Å². The van der Waals surface area contributed by atoms with Crippen molar-refractivity contribution in [3.63, 3.8) is 0 Å². The van der Waals surface area contributed by atoms with Crippen molar-refractivity contribution in [3.8, 4) is 0 Å². The molecule has 0 bridgehead atoms. The summed E-state index contributed by atoms with van der Waals surface area (Å²) in [4.78, 5) is 18.4. The molecule has 1 aromatic heterocycles. The highest BCUT2D eigenvalue weighted by atomic mass is 16.2. The number of likely N-dealkylation sites (tertiary alicyclic amines) is 1. The van der Waals surface area contributed by atoms with Gasteiger partial charge in [-0.3, -0.25) is 9.79 Å². The fourth-order valence-corrected chi connectivity index (χ4v) is 3.57. The van der Waals surface area contributed by atoms with Crippen molar-refractivity contribution in [1.82, 2.24) is 30.3 Å². The summed E-state index contributed by atoms with van der Waals surface area (Å²) in [5.74, 6) is 2.08. The lowest BCUT2D eigenvalue weighted by atomic mass is 10.1. The smallest absolute Gasteiger partial charge is 0.222 e. The maximum absolute atomic E-state index is 11.7. The first kappa shape index (κ1) is 21.8. The number of aryl methyl sites for hydroxylation is 1. The van der Waals surface area contributed by atoms with Crippen molar-refractivity contribution in [2.24, 2.45) is 4.99 Å². The number of amides is 1. The number of carbonyl (C=O) groups excluding carboxylic acids is 1. The average Bonchev–Trinajstić information content (AvgIpc) is 3.40. The maximum atomic E-state index is 11.7. The molecule has 0 saturated carbocycles. The third kappa shape index (κ3) is 6.86. The van der Waals surface area contributed by atoms with Crippen LogP contribution >= 0.6 is 0 Å². The van der Waals surface area contributed by atoms with E-state index in [9.17, 15) is 4.79 Å². The number of hydrogen-bond acceptors (Lipinski definition) is 4. The number of nitrogens with zero attached hydrogens (tertiary/aromatic N) is 5. The molecule has 1 amide bonds. The zero-order valence-corrected chi connectivity index (χ0v) is 17.9. The molecule has 0 spiro atoms. The van der Waals surface area contributed by atoms with E-state index in [1.54, 1.807) is 6.33 Å². The summed E-state index contributed by atoms with van der Waals surface area (Å²) in [5.41, 5.74) is 1.30. The van der Waals surface area contributed by atoms with Gasteiger partial charge in [-0.25, -0.2) is 0 Å². The first-order valence-corrected chi connectivity index (χ1v) is 11.0. The van der Waals surface area contributed by atoms with Gasteiger partial charge in [-0.1, -0.05) is 37.3 Å². The molecule has 1 aromatic carbocycles. The number of carbonyl (C=O) groups is 1. The highest BCUT2D eigenvalue weighted by Crippen LogP contribution is 2.09. The average molecular weight is 412 g/mol. The van der Waals surface area contributed by atoms with Gasteiger partial charge in [0.1, 0.15) is 12.2 Å². The van der Waals surface area contributed by atoms with Crippen LogP contribution in [-0.4, -0.2) is 64.3 Å². The summed E-state index contributed by atoms with van der Waals surface area (Å²) >= 11 is 0. The second-order valence-corrected chi connectivity index (χ2v) is 7.45. The molecule has 30 heavy (non-hydrogen) atoms. The number of rotatable bonds is 11. The molecule has 0 radical (unpaired) electrons. The molecular weight excluding hydrogens is 378 g/mol. The minimum atomic E-state index is 0.277. The molecular formula is C22H33N7O. The molecule has 3 rings (SSSR count). The molecule has 8 heteroatoms. The van der Waals surface area contributed by atoms with Gasteiger partial charge in [0.25, 0.3) is 0 Å². The van der Waals surface area contributed by atoms with Gasteiger partial charge in [0.15, 0.2) is 5.96 Å². The van der Waals surface area contributed by atoms with Gasteiger partial charge >= 0.3 is 0 Å². The summed E-state index contributed by atoms with van der Waals surface area (Å²) < 4.78 is 2.06. The van der Waals surface area contributed by atoms with E-state index in [0.717, 1.165) is 70.2 Å². The number of aromatic nitrogens is 3. The Hall–Kier alpha value is -2.90. The van der Waals surface area contributed by atoms with Crippen LogP contribution in [-0.2, 0) is 24.2 Å². The van der Waals surface area contributed by atoms with Gasteiger partial charge in [0.2, 0.25) is 5.91 Å². The Bertz CT molecular complexity index is 803. The third-order valence-electron chi connectivity index (χ3n) is 5.23. The lowest BCUT2D eigenvalue weighted by molar-refractivity contribution is -0.127. The normalized spacial score (nSPS) is 14.4. The Morgan fingerprint density at radius 2 is 2.00 bits per heavy atom. The number of aliphatic imine (C=N–C) groups is 1. The zero-order chi connectivity index (χ0) is 21.0. The van der Waals surface area contributed by atoms with Gasteiger partial charge in [-0.15, -0.1) is 10.2 Å². The van der Waals surface area contributed by atoms with Crippen molar-refractivity contribution in [1.29, 1.82) is 0 Å².